The molecule has 3 heterocycles. The number of fused-ring (bicyclic) bond motifs is 1. The van der Waals surface area contributed by atoms with Crippen molar-refractivity contribution >= 4 is 45.0 Å². The molecule has 1 fully saturated rings. The van der Waals surface area contributed by atoms with Gasteiger partial charge in [0.2, 0.25) is 5.91 Å². The van der Waals surface area contributed by atoms with Crippen LogP contribution in [-0.4, -0.2) is 39.1 Å². The molecule has 178 valence electrons. The van der Waals surface area contributed by atoms with Crippen LogP contribution in [0.25, 0.3) is 10.2 Å². The van der Waals surface area contributed by atoms with Gasteiger partial charge in [0, 0.05) is 12.7 Å². The van der Waals surface area contributed by atoms with Crippen molar-refractivity contribution in [1.29, 1.82) is 0 Å². The van der Waals surface area contributed by atoms with E-state index >= 15 is 0 Å². The highest BCUT2D eigenvalue weighted by molar-refractivity contribution is 7.18. The van der Waals surface area contributed by atoms with E-state index in [4.69, 9.17) is 5.73 Å². The number of rotatable bonds is 3. The summed E-state index contributed by atoms with van der Waals surface area (Å²) in [7, 11) is 0. The lowest BCUT2D eigenvalue weighted by Crippen LogP contribution is -2.46. The van der Waals surface area contributed by atoms with E-state index in [0.29, 0.717) is 34.6 Å². The predicted molar refractivity (Wildman–Crippen MR) is 119 cm³/mol. The molecule has 3 aromatic rings. The second-order valence-corrected chi connectivity index (χ2v) is 9.21. The number of hydrogen-bond donors (Lipinski definition) is 2. The number of nitrogens with two attached hydrogens (primary N) is 1. The van der Waals surface area contributed by atoms with Crippen LogP contribution in [0.2, 0.25) is 0 Å². The number of anilines is 1. The molecule has 0 saturated carbocycles. The number of thiazole rings is 1. The summed E-state index contributed by atoms with van der Waals surface area (Å²) < 4.78 is 39.5. The zero-order valence-electron chi connectivity index (χ0n) is 17.9. The third kappa shape index (κ3) is 4.86. The first kappa shape index (κ1) is 23.6. The van der Waals surface area contributed by atoms with Gasteiger partial charge in [-0.25, -0.2) is 4.98 Å². The standard InChI is InChI=1S/C22H20F3N5O3S/c1-11-2-4-16(12-3-5-17-15(7-12)29-21(34-17)22(23,24)25)30(10-11)20(33)19(32)28-14-6-13(18(26)31)8-27-9-14/h3,5-9,11,16H,2,4,10H2,1H3,(H2,26,31)(H,28,32)/t11-,16?/m0/s1. The van der Waals surface area contributed by atoms with E-state index in [1.165, 1.54) is 23.4 Å². The van der Waals surface area contributed by atoms with E-state index in [-0.39, 0.29) is 22.7 Å². The number of nitrogens with zero attached hydrogens (tertiary/aromatic N) is 3. The average Bonchev–Trinajstić information content (AvgIpc) is 3.23. The van der Waals surface area contributed by atoms with E-state index in [1.54, 1.807) is 18.2 Å². The number of nitrogens with one attached hydrogen (secondary N) is 1. The van der Waals surface area contributed by atoms with Crippen molar-refractivity contribution in [3.05, 3.63) is 52.8 Å². The number of aromatic nitrogens is 2. The summed E-state index contributed by atoms with van der Waals surface area (Å²) in [6, 6.07) is 5.58. The van der Waals surface area contributed by atoms with Gasteiger partial charge in [-0.3, -0.25) is 19.4 Å². The number of carbonyl (C=O) groups is 3. The minimum atomic E-state index is -4.54. The van der Waals surface area contributed by atoms with Crippen LogP contribution in [0.1, 0.15) is 46.7 Å². The Balaban J connectivity index is 1.59. The number of benzene rings is 1. The number of halogens is 3. The number of pyridine rings is 1. The van der Waals surface area contributed by atoms with Crippen molar-refractivity contribution in [2.75, 3.05) is 11.9 Å². The third-order valence-electron chi connectivity index (χ3n) is 5.59. The molecule has 0 spiro atoms. The summed E-state index contributed by atoms with van der Waals surface area (Å²) in [6.07, 6.45) is -0.696. The summed E-state index contributed by atoms with van der Waals surface area (Å²) in [5.74, 6) is -2.31. The summed E-state index contributed by atoms with van der Waals surface area (Å²) in [6.45, 7) is 2.26. The molecule has 8 nitrogen and oxygen atoms in total. The molecular formula is C22H20F3N5O3S. The van der Waals surface area contributed by atoms with E-state index in [9.17, 15) is 27.6 Å². The zero-order chi connectivity index (χ0) is 24.6. The second kappa shape index (κ2) is 9.01. The molecule has 3 amide bonds. The maximum atomic E-state index is 13.1. The molecule has 2 atom stereocenters. The maximum absolute atomic E-state index is 13.1. The molecule has 1 aliphatic rings. The van der Waals surface area contributed by atoms with Gasteiger partial charge in [-0.1, -0.05) is 13.0 Å². The quantitative estimate of drug-likeness (QED) is 0.541. The van der Waals surface area contributed by atoms with Crippen LogP contribution in [0.5, 0.6) is 0 Å². The fourth-order valence-corrected chi connectivity index (χ4v) is 4.77. The monoisotopic (exact) mass is 491 g/mol. The minimum Gasteiger partial charge on any atom is -0.366 e. The summed E-state index contributed by atoms with van der Waals surface area (Å²) in [5.41, 5.74) is 6.23. The summed E-state index contributed by atoms with van der Waals surface area (Å²) in [5, 5.41) is 1.50. The van der Waals surface area contributed by atoms with Gasteiger partial charge in [0.1, 0.15) is 0 Å². The lowest BCUT2D eigenvalue weighted by molar-refractivity contribution is -0.146. The van der Waals surface area contributed by atoms with Gasteiger partial charge in [-0.15, -0.1) is 11.3 Å². The molecule has 4 rings (SSSR count). The Kier molecular flexibility index (Phi) is 6.26. The SMILES string of the molecule is C[C@H]1CCC(c2ccc3sc(C(F)(F)F)nc3c2)N(C(=O)C(=O)Nc2cncc(C(N)=O)c2)C1. The number of hydrogen-bond acceptors (Lipinski definition) is 6. The Bertz CT molecular complexity index is 1280. The molecule has 12 heteroatoms. The largest absolute Gasteiger partial charge is 0.443 e. The van der Waals surface area contributed by atoms with Gasteiger partial charge in [-0.05, 0) is 42.5 Å². The Morgan fingerprint density at radius 2 is 1.94 bits per heavy atom. The van der Waals surface area contributed by atoms with Crippen molar-refractivity contribution in [1.82, 2.24) is 14.9 Å². The fourth-order valence-electron chi connectivity index (χ4n) is 3.95. The Labute approximate surface area is 196 Å². The molecule has 0 aliphatic carbocycles. The van der Waals surface area contributed by atoms with E-state index < -0.39 is 34.9 Å². The van der Waals surface area contributed by atoms with Gasteiger partial charge in [0.25, 0.3) is 0 Å². The van der Waals surface area contributed by atoms with Crippen molar-refractivity contribution in [2.45, 2.75) is 32.0 Å². The number of carbonyl (C=O) groups excluding carboxylic acids is 3. The Morgan fingerprint density at radius 3 is 2.65 bits per heavy atom. The van der Waals surface area contributed by atoms with Crippen molar-refractivity contribution in [2.24, 2.45) is 11.7 Å². The Hall–Kier alpha value is -3.54. The van der Waals surface area contributed by atoms with Gasteiger partial charge in [0.05, 0.1) is 33.7 Å². The molecule has 0 bridgehead atoms. The first-order valence-corrected chi connectivity index (χ1v) is 11.2. The molecular weight excluding hydrogens is 471 g/mol. The van der Waals surface area contributed by atoms with Gasteiger partial charge in [-0.2, -0.15) is 13.2 Å². The molecule has 1 unspecified atom stereocenters. The highest BCUT2D eigenvalue weighted by atomic mass is 32.1. The molecule has 3 N–H and O–H groups in total. The van der Waals surface area contributed by atoms with Crippen LogP contribution >= 0.6 is 11.3 Å². The maximum Gasteiger partial charge on any atom is 0.443 e. The van der Waals surface area contributed by atoms with Crippen molar-refractivity contribution < 1.29 is 27.6 Å². The molecule has 1 aliphatic heterocycles. The van der Waals surface area contributed by atoms with Gasteiger partial charge in [0.15, 0.2) is 5.01 Å². The van der Waals surface area contributed by atoms with Crippen LogP contribution in [0.4, 0.5) is 18.9 Å². The van der Waals surface area contributed by atoms with Crippen molar-refractivity contribution in [3.63, 3.8) is 0 Å². The lowest BCUT2D eigenvalue weighted by Gasteiger charge is -2.38. The summed E-state index contributed by atoms with van der Waals surface area (Å²) in [4.78, 5) is 46.1. The van der Waals surface area contributed by atoms with Crippen LogP contribution in [-0.2, 0) is 15.8 Å². The van der Waals surface area contributed by atoms with Crippen LogP contribution in [0, 0.1) is 5.92 Å². The number of primary amides is 1. The van der Waals surface area contributed by atoms with Crippen LogP contribution < -0.4 is 11.1 Å². The zero-order valence-corrected chi connectivity index (χ0v) is 18.7. The average molecular weight is 491 g/mol. The number of alkyl halides is 3. The second-order valence-electron chi connectivity index (χ2n) is 8.18. The van der Waals surface area contributed by atoms with Crippen molar-refractivity contribution in [3.8, 4) is 0 Å². The molecule has 0 radical (unpaired) electrons. The number of piperidine rings is 1. The number of amides is 3. The Morgan fingerprint density at radius 1 is 1.18 bits per heavy atom. The van der Waals surface area contributed by atoms with Gasteiger partial charge < -0.3 is 16.0 Å². The first-order valence-electron chi connectivity index (χ1n) is 10.4. The van der Waals surface area contributed by atoms with Crippen LogP contribution in [0.15, 0.2) is 36.7 Å². The molecule has 34 heavy (non-hydrogen) atoms. The van der Waals surface area contributed by atoms with E-state index in [0.717, 1.165) is 6.42 Å². The highest BCUT2D eigenvalue weighted by Gasteiger charge is 2.36. The fraction of sp³-hybridized carbons (Fsp3) is 0.318. The smallest absolute Gasteiger partial charge is 0.366 e. The minimum absolute atomic E-state index is 0.0736. The topological polar surface area (TPSA) is 118 Å². The predicted octanol–water partition coefficient (Wildman–Crippen LogP) is 3.75. The molecule has 1 aromatic carbocycles. The van der Waals surface area contributed by atoms with Gasteiger partial charge >= 0.3 is 18.0 Å². The normalized spacial score (nSPS) is 18.6. The lowest BCUT2D eigenvalue weighted by atomic mass is 9.89. The number of likely N-dealkylation sites (tertiary alicyclic amines) is 1. The van der Waals surface area contributed by atoms with E-state index in [1.807, 2.05) is 6.92 Å². The van der Waals surface area contributed by atoms with Crippen LogP contribution in [0.3, 0.4) is 0 Å². The molecule has 2 aromatic heterocycles. The van der Waals surface area contributed by atoms with E-state index in [2.05, 4.69) is 15.3 Å². The highest BCUT2D eigenvalue weighted by Crippen LogP contribution is 2.38. The first-order chi connectivity index (χ1) is 16.0. The molecule has 1 saturated heterocycles. The summed E-state index contributed by atoms with van der Waals surface area (Å²) >= 11 is 0.557. The third-order valence-corrected chi connectivity index (χ3v) is 6.67.